The molecule has 1 aliphatic rings. The molecule has 0 bridgehead atoms. The summed E-state index contributed by atoms with van der Waals surface area (Å²) < 4.78 is 1.84. The molecule has 2 aromatic heterocycles. The van der Waals surface area contributed by atoms with Gasteiger partial charge in [0.25, 0.3) is 0 Å². The average molecular weight is 423 g/mol. The number of nitrogens with one attached hydrogen (secondary N) is 1. The number of thioether (sulfide) groups is 1. The van der Waals surface area contributed by atoms with Crippen LogP contribution >= 0.6 is 23.1 Å². The number of rotatable bonds is 8. The maximum absolute atomic E-state index is 12.6. The average Bonchev–Trinajstić information content (AvgIpc) is 3.06. The van der Waals surface area contributed by atoms with E-state index in [9.17, 15) is 9.59 Å². The lowest BCUT2D eigenvalue weighted by molar-refractivity contribution is -0.113. The smallest absolute Gasteiger partial charge is 0.309 e. The second-order valence-electron chi connectivity index (χ2n) is 7.10. The van der Waals surface area contributed by atoms with Crippen LogP contribution in [-0.2, 0) is 24.2 Å². The van der Waals surface area contributed by atoms with Crippen LogP contribution in [0.5, 0.6) is 0 Å². The molecule has 1 amide bonds. The molecule has 10 heteroatoms. The number of anilines is 1. The van der Waals surface area contributed by atoms with E-state index in [1.807, 2.05) is 25.6 Å². The highest BCUT2D eigenvalue weighted by Crippen LogP contribution is 2.28. The molecule has 0 spiro atoms. The van der Waals surface area contributed by atoms with E-state index in [2.05, 4.69) is 25.4 Å². The predicted octanol–water partition coefficient (Wildman–Crippen LogP) is 1.96. The van der Waals surface area contributed by atoms with Gasteiger partial charge in [-0.25, -0.2) is 4.79 Å². The summed E-state index contributed by atoms with van der Waals surface area (Å²) in [6.07, 6.45) is 4.91. The van der Waals surface area contributed by atoms with Crippen molar-refractivity contribution < 1.29 is 4.79 Å². The molecular weight excluding hydrogens is 396 g/mol. The number of aromatic nitrogens is 4. The Morgan fingerprint density at radius 2 is 2.07 bits per heavy atom. The molecule has 3 rings (SSSR count). The van der Waals surface area contributed by atoms with Gasteiger partial charge >= 0.3 is 5.69 Å². The lowest BCUT2D eigenvalue weighted by Gasteiger charge is -2.23. The van der Waals surface area contributed by atoms with Crippen molar-refractivity contribution in [2.24, 2.45) is 0 Å². The lowest BCUT2D eigenvalue weighted by Crippen LogP contribution is -2.31. The van der Waals surface area contributed by atoms with Crippen molar-refractivity contribution in [1.82, 2.24) is 24.6 Å². The van der Waals surface area contributed by atoms with Crippen LogP contribution in [0.1, 0.15) is 35.5 Å². The minimum atomic E-state index is -0.206. The summed E-state index contributed by atoms with van der Waals surface area (Å²) in [5.74, 6) is 0.0324. The molecule has 1 aliphatic carbocycles. The fourth-order valence-corrected chi connectivity index (χ4v) is 4.76. The van der Waals surface area contributed by atoms with E-state index >= 15 is 0 Å². The number of aryl methyl sites for hydroxylation is 1. The van der Waals surface area contributed by atoms with Crippen LogP contribution in [0, 0.1) is 6.92 Å². The second-order valence-corrected chi connectivity index (χ2v) is 9.25. The third kappa shape index (κ3) is 5.39. The van der Waals surface area contributed by atoms with E-state index in [0.29, 0.717) is 16.7 Å². The number of hydrogen-bond acceptors (Lipinski definition) is 8. The normalized spacial score (nSPS) is 13.6. The quantitative estimate of drug-likeness (QED) is 0.513. The molecule has 152 valence electrons. The molecule has 0 saturated carbocycles. The molecule has 0 aliphatic heterocycles. The molecule has 0 atom stereocenters. The third-order valence-electron chi connectivity index (χ3n) is 4.55. The molecule has 1 N–H and O–H groups in total. The van der Waals surface area contributed by atoms with E-state index < -0.39 is 0 Å². The first-order chi connectivity index (χ1) is 13.4. The molecule has 0 saturated heterocycles. The first-order valence-electron chi connectivity index (χ1n) is 9.44. The monoisotopic (exact) mass is 422 g/mol. The first kappa shape index (κ1) is 20.9. The summed E-state index contributed by atoms with van der Waals surface area (Å²) in [5.41, 5.74) is 2.04. The van der Waals surface area contributed by atoms with Crippen molar-refractivity contribution in [3.05, 3.63) is 26.7 Å². The number of carbonyl (C=O) groups excluding carboxylic acids is 1. The molecular formula is C18H26N6O2S2. The van der Waals surface area contributed by atoms with Crippen LogP contribution in [0.2, 0.25) is 0 Å². The highest BCUT2D eigenvalue weighted by Gasteiger charge is 2.21. The second kappa shape index (κ2) is 9.62. The lowest BCUT2D eigenvalue weighted by atomic mass is 9.97. The highest BCUT2D eigenvalue weighted by molar-refractivity contribution is 8.00. The van der Waals surface area contributed by atoms with Crippen LogP contribution < -0.4 is 11.0 Å². The molecule has 2 heterocycles. The third-order valence-corrected chi connectivity index (χ3v) is 6.32. The van der Waals surface area contributed by atoms with E-state index in [4.69, 9.17) is 0 Å². The number of fused-ring (bicyclic) bond motifs is 1. The van der Waals surface area contributed by atoms with Crippen LogP contribution in [0.4, 0.5) is 5.13 Å². The van der Waals surface area contributed by atoms with Gasteiger partial charge in [-0.1, -0.05) is 23.1 Å². The number of hydrogen-bond donors (Lipinski definition) is 1. The highest BCUT2D eigenvalue weighted by atomic mass is 32.2. The number of amides is 1. The van der Waals surface area contributed by atoms with Crippen molar-refractivity contribution in [1.29, 1.82) is 0 Å². The minimum Gasteiger partial charge on any atom is -0.309 e. The number of carbonyl (C=O) groups is 1. The standard InChI is InChI=1S/C18H26N6O2S2/c1-12-21-22-17(28-12)19-15(25)11-27-16-13-7-4-5-8-14(13)24(18(26)20-16)10-6-9-23(2)3/h4-11H2,1-3H3,(H,19,22,25). The SMILES string of the molecule is Cc1nnc(NC(=O)CSc2nc(=O)n(CCCN(C)C)c3c2CCCC3)s1. The fourth-order valence-electron chi connectivity index (χ4n) is 3.28. The van der Waals surface area contributed by atoms with Gasteiger partial charge in [-0.2, -0.15) is 4.98 Å². The summed E-state index contributed by atoms with van der Waals surface area (Å²) in [7, 11) is 4.06. The summed E-state index contributed by atoms with van der Waals surface area (Å²) >= 11 is 2.67. The van der Waals surface area contributed by atoms with Crippen LogP contribution in [-0.4, -0.2) is 56.9 Å². The Morgan fingerprint density at radius 1 is 1.29 bits per heavy atom. The number of nitrogens with zero attached hydrogens (tertiary/aromatic N) is 5. The van der Waals surface area contributed by atoms with E-state index in [0.717, 1.165) is 54.9 Å². The van der Waals surface area contributed by atoms with Gasteiger partial charge in [-0.05, 0) is 59.7 Å². The summed E-state index contributed by atoms with van der Waals surface area (Å²) in [6, 6.07) is 0. The Labute approximate surface area is 172 Å². The van der Waals surface area contributed by atoms with Gasteiger partial charge in [0, 0.05) is 17.8 Å². The Balaban J connectivity index is 1.71. The van der Waals surface area contributed by atoms with Gasteiger partial charge < -0.3 is 4.90 Å². The van der Waals surface area contributed by atoms with Crippen LogP contribution in [0.3, 0.4) is 0 Å². The Kier molecular flexibility index (Phi) is 7.19. The molecule has 28 heavy (non-hydrogen) atoms. The largest absolute Gasteiger partial charge is 0.348 e. The fraction of sp³-hybridized carbons (Fsp3) is 0.611. The Morgan fingerprint density at radius 3 is 2.79 bits per heavy atom. The van der Waals surface area contributed by atoms with E-state index in [1.54, 1.807) is 0 Å². The summed E-state index contributed by atoms with van der Waals surface area (Å²) in [5, 5.41) is 12.5. The Hall–Kier alpha value is -1.78. The zero-order chi connectivity index (χ0) is 20.1. The van der Waals surface area contributed by atoms with E-state index in [-0.39, 0.29) is 17.3 Å². The molecule has 2 aromatic rings. The van der Waals surface area contributed by atoms with Gasteiger partial charge in [0.15, 0.2) is 0 Å². The van der Waals surface area contributed by atoms with Gasteiger partial charge in [0.1, 0.15) is 10.0 Å². The van der Waals surface area contributed by atoms with Crippen molar-refractivity contribution in [2.45, 2.75) is 50.6 Å². The molecule has 0 fully saturated rings. The topological polar surface area (TPSA) is 93.0 Å². The van der Waals surface area contributed by atoms with Gasteiger partial charge in [-0.3, -0.25) is 14.7 Å². The summed E-state index contributed by atoms with van der Waals surface area (Å²) in [4.78, 5) is 31.3. The zero-order valence-corrected chi connectivity index (χ0v) is 18.2. The minimum absolute atomic E-state index is 0.164. The summed E-state index contributed by atoms with van der Waals surface area (Å²) in [6.45, 7) is 3.46. The maximum atomic E-state index is 12.6. The van der Waals surface area contributed by atoms with Gasteiger partial charge in [0.05, 0.1) is 5.75 Å². The van der Waals surface area contributed by atoms with Gasteiger partial charge in [-0.15, -0.1) is 10.2 Å². The van der Waals surface area contributed by atoms with Crippen molar-refractivity contribution in [3.8, 4) is 0 Å². The Bertz CT molecular complexity index is 893. The zero-order valence-electron chi connectivity index (χ0n) is 16.5. The predicted molar refractivity (Wildman–Crippen MR) is 112 cm³/mol. The van der Waals surface area contributed by atoms with Crippen LogP contribution in [0.25, 0.3) is 0 Å². The van der Waals surface area contributed by atoms with Crippen molar-refractivity contribution in [3.63, 3.8) is 0 Å². The van der Waals surface area contributed by atoms with Crippen LogP contribution in [0.15, 0.2) is 9.82 Å². The van der Waals surface area contributed by atoms with E-state index in [1.165, 1.54) is 23.1 Å². The molecule has 0 aromatic carbocycles. The van der Waals surface area contributed by atoms with Crippen molar-refractivity contribution >= 4 is 34.1 Å². The molecule has 0 unspecified atom stereocenters. The van der Waals surface area contributed by atoms with Gasteiger partial charge in [0.2, 0.25) is 11.0 Å². The molecule has 0 radical (unpaired) electrons. The first-order valence-corrected chi connectivity index (χ1v) is 11.2. The maximum Gasteiger partial charge on any atom is 0.348 e. The molecule has 8 nitrogen and oxygen atoms in total. The van der Waals surface area contributed by atoms with Crippen molar-refractivity contribution in [2.75, 3.05) is 31.7 Å².